The molecule has 1 heteroatoms. The van der Waals surface area contributed by atoms with Crippen molar-refractivity contribution >= 4 is 38.7 Å². The number of aryl methyl sites for hydroxylation is 1. The number of H-pyrrole nitrogens is 1. The molecule has 0 aliphatic heterocycles. The molecule has 0 spiro atoms. The summed E-state index contributed by atoms with van der Waals surface area (Å²) < 4.78 is 0. The van der Waals surface area contributed by atoms with Gasteiger partial charge in [-0.05, 0) is 58.9 Å². The second-order valence-electron chi connectivity index (χ2n) is 6.88. The Bertz CT molecular complexity index is 1110. The van der Waals surface area contributed by atoms with E-state index in [2.05, 4.69) is 73.4 Å². The highest BCUT2D eigenvalue weighted by Crippen LogP contribution is 2.39. The molecule has 0 saturated carbocycles. The zero-order valence-corrected chi connectivity index (χ0v) is 13.5. The lowest BCUT2D eigenvalue weighted by molar-refractivity contribution is 0.721. The molecule has 1 nitrogen and oxygen atoms in total. The topological polar surface area (TPSA) is 15.8 Å². The lowest BCUT2D eigenvalue weighted by atomic mass is 9.85. The Morgan fingerprint density at radius 3 is 2.78 bits per heavy atom. The van der Waals surface area contributed by atoms with E-state index in [4.69, 9.17) is 0 Å². The number of hydrogen-bond acceptors (Lipinski definition) is 0. The van der Waals surface area contributed by atoms with Gasteiger partial charge in [-0.25, -0.2) is 0 Å². The number of fused-ring (bicyclic) bond motifs is 7. The monoisotopic (exact) mass is 297 g/mol. The van der Waals surface area contributed by atoms with Crippen molar-refractivity contribution in [2.24, 2.45) is 5.92 Å². The van der Waals surface area contributed by atoms with Crippen LogP contribution in [0.25, 0.3) is 38.7 Å². The smallest absolute Gasteiger partial charge is 0.0471 e. The van der Waals surface area contributed by atoms with Crippen molar-refractivity contribution < 1.29 is 0 Å². The largest absolute Gasteiger partial charge is 0.354 e. The van der Waals surface area contributed by atoms with E-state index in [0.29, 0.717) is 5.92 Å². The van der Waals surface area contributed by atoms with Crippen molar-refractivity contribution in [2.75, 3.05) is 0 Å². The third-order valence-electron chi connectivity index (χ3n) is 5.25. The first-order valence-electron chi connectivity index (χ1n) is 8.36. The molecule has 1 atom stereocenters. The van der Waals surface area contributed by atoms with Crippen LogP contribution in [0.15, 0.2) is 48.5 Å². The summed E-state index contributed by atoms with van der Waals surface area (Å²) in [4.78, 5) is 3.65. The van der Waals surface area contributed by atoms with Gasteiger partial charge in [0.15, 0.2) is 0 Å². The van der Waals surface area contributed by atoms with Crippen LogP contribution in [0.4, 0.5) is 0 Å². The molecule has 1 heterocycles. The van der Waals surface area contributed by atoms with Gasteiger partial charge in [-0.2, -0.15) is 0 Å². The van der Waals surface area contributed by atoms with Gasteiger partial charge in [0.25, 0.3) is 0 Å². The third kappa shape index (κ3) is 1.74. The minimum Gasteiger partial charge on any atom is -0.354 e. The predicted octanol–water partition coefficient (Wildman–Crippen LogP) is 5.99. The summed E-state index contributed by atoms with van der Waals surface area (Å²) in [7, 11) is 0. The Morgan fingerprint density at radius 1 is 1.00 bits per heavy atom. The summed E-state index contributed by atoms with van der Waals surface area (Å²) in [6.07, 6.45) is 5.79. The van der Waals surface area contributed by atoms with Crippen LogP contribution in [0.1, 0.15) is 23.6 Å². The van der Waals surface area contributed by atoms with Crippen LogP contribution in [-0.2, 0) is 6.42 Å². The maximum Gasteiger partial charge on any atom is 0.0471 e. The van der Waals surface area contributed by atoms with Crippen LogP contribution in [0.3, 0.4) is 0 Å². The summed E-state index contributed by atoms with van der Waals surface area (Å²) in [5, 5.41) is 5.48. The molecule has 0 bridgehead atoms. The fourth-order valence-corrected chi connectivity index (χ4v) is 4.17. The summed E-state index contributed by atoms with van der Waals surface area (Å²) in [6, 6.07) is 15.5. The lowest BCUT2D eigenvalue weighted by Gasteiger charge is -2.19. The Hall–Kier alpha value is -2.54. The molecule has 3 aromatic carbocycles. The molecule has 1 unspecified atom stereocenters. The molecule has 4 aromatic rings. The van der Waals surface area contributed by atoms with Crippen LogP contribution in [0, 0.1) is 12.8 Å². The molecule has 1 aromatic heterocycles. The average molecular weight is 297 g/mol. The first-order chi connectivity index (χ1) is 11.2. The van der Waals surface area contributed by atoms with Gasteiger partial charge in [-0.1, -0.05) is 49.4 Å². The predicted molar refractivity (Wildman–Crippen MR) is 99.9 cm³/mol. The normalized spacial score (nSPS) is 17.2. The van der Waals surface area contributed by atoms with Crippen molar-refractivity contribution in [1.29, 1.82) is 0 Å². The maximum atomic E-state index is 3.65. The van der Waals surface area contributed by atoms with E-state index in [1.165, 1.54) is 49.3 Å². The van der Waals surface area contributed by atoms with Crippen LogP contribution in [0.5, 0.6) is 0 Å². The van der Waals surface area contributed by atoms with E-state index >= 15 is 0 Å². The molecule has 1 aliphatic carbocycles. The molecule has 0 saturated heterocycles. The highest BCUT2D eigenvalue weighted by Gasteiger charge is 2.19. The molecular weight excluding hydrogens is 278 g/mol. The van der Waals surface area contributed by atoms with E-state index in [0.717, 1.165) is 6.42 Å². The van der Waals surface area contributed by atoms with E-state index in [1.807, 2.05) is 0 Å². The summed E-state index contributed by atoms with van der Waals surface area (Å²) in [5.74, 6) is 0.604. The second kappa shape index (κ2) is 4.48. The van der Waals surface area contributed by atoms with Crippen molar-refractivity contribution in [3.05, 3.63) is 65.2 Å². The molecule has 0 radical (unpaired) electrons. The number of aromatic amines is 1. The highest BCUT2D eigenvalue weighted by atomic mass is 14.7. The van der Waals surface area contributed by atoms with Crippen LogP contribution >= 0.6 is 0 Å². The van der Waals surface area contributed by atoms with Crippen molar-refractivity contribution in [3.8, 4) is 0 Å². The van der Waals surface area contributed by atoms with Gasteiger partial charge in [0, 0.05) is 21.8 Å². The highest BCUT2D eigenvalue weighted by molar-refractivity contribution is 6.21. The van der Waals surface area contributed by atoms with Crippen LogP contribution in [-0.4, -0.2) is 4.98 Å². The summed E-state index contributed by atoms with van der Waals surface area (Å²) in [6.45, 7) is 4.53. The van der Waals surface area contributed by atoms with Gasteiger partial charge in [0.1, 0.15) is 0 Å². The molecule has 1 N–H and O–H groups in total. The number of rotatable bonds is 0. The van der Waals surface area contributed by atoms with E-state index < -0.39 is 0 Å². The fourth-order valence-electron chi connectivity index (χ4n) is 4.17. The van der Waals surface area contributed by atoms with Gasteiger partial charge >= 0.3 is 0 Å². The zero-order chi connectivity index (χ0) is 15.6. The minimum atomic E-state index is 0.604. The third-order valence-corrected chi connectivity index (χ3v) is 5.25. The van der Waals surface area contributed by atoms with E-state index in [-0.39, 0.29) is 0 Å². The van der Waals surface area contributed by atoms with E-state index in [1.54, 1.807) is 0 Å². The van der Waals surface area contributed by atoms with Gasteiger partial charge in [0.2, 0.25) is 0 Å². The van der Waals surface area contributed by atoms with Gasteiger partial charge in [-0.15, -0.1) is 0 Å². The molecule has 112 valence electrons. The Morgan fingerprint density at radius 2 is 1.87 bits per heavy atom. The van der Waals surface area contributed by atoms with Crippen molar-refractivity contribution in [2.45, 2.75) is 20.3 Å². The molecule has 23 heavy (non-hydrogen) atoms. The molecular formula is C22H19N. The Kier molecular flexibility index (Phi) is 2.52. The summed E-state index contributed by atoms with van der Waals surface area (Å²) >= 11 is 0. The van der Waals surface area contributed by atoms with Gasteiger partial charge < -0.3 is 4.98 Å². The Balaban J connectivity index is 2.05. The fraction of sp³-hybridized carbons (Fsp3) is 0.182. The average Bonchev–Trinajstić information content (AvgIpc) is 2.93. The van der Waals surface area contributed by atoms with Crippen LogP contribution in [0.2, 0.25) is 0 Å². The quantitative estimate of drug-likeness (QED) is 0.410. The summed E-state index contributed by atoms with van der Waals surface area (Å²) in [5.41, 5.74) is 6.82. The zero-order valence-electron chi connectivity index (χ0n) is 13.5. The minimum absolute atomic E-state index is 0.604. The van der Waals surface area contributed by atoms with E-state index in [9.17, 15) is 0 Å². The molecule has 1 aliphatic rings. The van der Waals surface area contributed by atoms with Crippen molar-refractivity contribution in [3.63, 3.8) is 0 Å². The second-order valence-corrected chi connectivity index (χ2v) is 6.88. The lowest BCUT2D eigenvalue weighted by Crippen LogP contribution is -2.05. The number of allylic oxidation sites excluding steroid dienone is 1. The first kappa shape index (κ1) is 13.0. The SMILES string of the molecule is Cc1cc2[nH]c3ccc4ccccc4c3c2c2c1C=CC(C)C2. The standard InChI is InChI=1S/C22H19N/c1-13-7-9-16-14(2)12-20-22(18(16)11-13)21-17-6-4-3-5-15(17)8-10-19(21)23-20/h3-10,12-13,23H,11H2,1-2H3. The van der Waals surface area contributed by atoms with Crippen molar-refractivity contribution in [1.82, 2.24) is 4.98 Å². The van der Waals surface area contributed by atoms with Crippen LogP contribution < -0.4 is 0 Å². The maximum absolute atomic E-state index is 3.65. The number of aromatic nitrogens is 1. The molecule has 5 rings (SSSR count). The van der Waals surface area contributed by atoms with Gasteiger partial charge in [0.05, 0.1) is 0 Å². The Labute approximate surface area is 135 Å². The number of benzene rings is 3. The number of nitrogens with one attached hydrogen (secondary N) is 1. The molecule has 0 amide bonds. The number of hydrogen-bond donors (Lipinski definition) is 1. The first-order valence-corrected chi connectivity index (χ1v) is 8.36. The van der Waals surface area contributed by atoms with Gasteiger partial charge in [-0.3, -0.25) is 0 Å². The molecule has 0 fully saturated rings.